The van der Waals surface area contributed by atoms with Crippen LogP contribution >= 0.6 is 0 Å². The molecular formula is C8H18N2O2. The molecule has 4 nitrogen and oxygen atoms in total. The minimum absolute atomic E-state index is 0.00811. The number of hydrogen-bond donors (Lipinski definition) is 0. The van der Waals surface area contributed by atoms with Crippen LogP contribution in [0.3, 0.4) is 0 Å². The number of amides is 1. The van der Waals surface area contributed by atoms with Crippen LogP contribution in [0, 0.1) is 0 Å². The fraction of sp³-hybridized carbons (Fsp3) is 0.875. The second kappa shape index (κ2) is 5.97. The molecule has 0 aliphatic heterocycles. The van der Waals surface area contributed by atoms with E-state index >= 15 is 0 Å². The molecule has 0 unspecified atom stereocenters. The van der Waals surface area contributed by atoms with E-state index in [9.17, 15) is 4.79 Å². The third-order valence-electron chi connectivity index (χ3n) is 1.41. The second-order valence-electron chi connectivity index (χ2n) is 3.14. The molecule has 0 radical (unpaired) electrons. The van der Waals surface area contributed by atoms with Gasteiger partial charge in [0.25, 0.3) is 0 Å². The molecule has 0 aliphatic rings. The molecule has 0 aromatic carbocycles. The Kier molecular flexibility index (Phi) is 5.66. The Morgan fingerprint density at radius 2 is 1.83 bits per heavy atom. The third kappa shape index (κ3) is 6.12. The maximum absolute atomic E-state index is 11.0. The lowest BCUT2D eigenvalue weighted by atomic mass is 10.6. The highest BCUT2D eigenvalue weighted by Crippen LogP contribution is 1.82. The topological polar surface area (TPSA) is 32.8 Å². The predicted octanol–water partition coefficient (Wildman–Crippen LogP) is -0.347. The molecular weight excluding hydrogens is 156 g/mol. The van der Waals surface area contributed by atoms with Gasteiger partial charge in [0.15, 0.2) is 0 Å². The van der Waals surface area contributed by atoms with E-state index in [0.717, 1.165) is 6.54 Å². The number of ether oxygens (including phenoxy) is 1. The Bertz CT molecular complexity index is 135. The van der Waals surface area contributed by atoms with Crippen LogP contribution in [0.25, 0.3) is 0 Å². The van der Waals surface area contributed by atoms with E-state index in [-0.39, 0.29) is 12.5 Å². The summed E-state index contributed by atoms with van der Waals surface area (Å²) in [6.45, 7) is 1.63. The van der Waals surface area contributed by atoms with Gasteiger partial charge in [-0.1, -0.05) is 0 Å². The standard InChI is InChI=1S/C8H18N2O2/c1-9(2)5-6-12-7-8(11)10(3)4/h5-7H2,1-4H3. The van der Waals surface area contributed by atoms with Gasteiger partial charge in [-0.2, -0.15) is 0 Å². The molecule has 0 spiro atoms. The molecule has 12 heavy (non-hydrogen) atoms. The van der Waals surface area contributed by atoms with E-state index in [2.05, 4.69) is 0 Å². The van der Waals surface area contributed by atoms with Crippen LogP contribution < -0.4 is 0 Å². The first kappa shape index (κ1) is 11.4. The van der Waals surface area contributed by atoms with E-state index < -0.39 is 0 Å². The van der Waals surface area contributed by atoms with Crippen LogP contribution in [0.15, 0.2) is 0 Å². The van der Waals surface area contributed by atoms with Gasteiger partial charge in [-0.25, -0.2) is 0 Å². The fourth-order valence-electron chi connectivity index (χ4n) is 0.536. The minimum atomic E-state index is 0.00811. The first-order valence-electron chi connectivity index (χ1n) is 3.96. The smallest absolute Gasteiger partial charge is 0.248 e. The van der Waals surface area contributed by atoms with E-state index in [0.29, 0.717) is 6.61 Å². The van der Waals surface area contributed by atoms with Gasteiger partial charge in [-0.05, 0) is 14.1 Å². The molecule has 0 N–H and O–H groups in total. The van der Waals surface area contributed by atoms with Crippen molar-refractivity contribution in [3.05, 3.63) is 0 Å². The highest BCUT2D eigenvalue weighted by molar-refractivity contribution is 5.76. The number of carbonyl (C=O) groups is 1. The summed E-state index contributed by atoms with van der Waals surface area (Å²) in [5, 5.41) is 0. The SMILES string of the molecule is CN(C)CCOCC(=O)N(C)C. The van der Waals surface area contributed by atoms with Crippen molar-refractivity contribution in [2.24, 2.45) is 0 Å². The zero-order valence-corrected chi connectivity index (χ0v) is 8.33. The zero-order chi connectivity index (χ0) is 9.56. The Morgan fingerprint density at radius 1 is 1.25 bits per heavy atom. The number of likely N-dealkylation sites (N-methyl/N-ethyl adjacent to an activating group) is 2. The predicted molar refractivity (Wildman–Crippen MR) is 48.1 cm³/mol. The summed E-state index contributed by atoms with van der Waals surface area (Å²) < 4.78 is 5.13. The highest BCUT2D eigenvalue weighted by atomic mass is 16.5. The van der Waals surface area contributed by atoms with Crippen LogP contribution in [0.1, 0.15) is 0 Å². The lowest BCUT2D eigenvalue weighted by Crippen LogP contribution is -2.28. The molecule has 0 heterocycles. The quantitative estimate of drug-likeness (QED) is 0.534. The van der Waals surface area contributed by atoms with E-state index in [1.807, 2.05) is 19.0 Å². The van der Waals surface area contributed by atoms with Crippen LogP contribution in [-0.4, -0.2) is 63.7 Å². The number of rotatable bonds is 5. The summed E-state index contributed by atoms with van der Waals surface area (Å²) in [4.78, 5) is 14.5. The maximum atomic E-state index is 11.0. The highest BCUT2D eigenvalue weighted by Gasteiger charge is 2.02. The van der Waals surface area contributed by atoms with Crippen molar-refractivity contribution >= 4 is 5.91 Å². The Labute approximate surface area is 74.1 Å². The Morgan fingerprint density at radius 3 is 2.25 bits per heavy atom. The Hall–Kier alpha value is -0.610. The average Bonchev–Trinajstić information content (AvgIpc) is 1.97. The molecule has 4 heteroatoms. The molecule has 1 amide bonds. The van der Waals surface area contributed by atoms with Crippen molar-refractivity contribution in [1.29, 1.82) is 0 Å². The molecule has 0 fully saturated rings. The van der Waals surface area contributed by atoms with Gasteiger partial charge in [0.1, 0.15) is 6.61 Å². The second-order valence-corrected chi connectivity index (χ2v) is 3.14. The lowest BCUT2D eigenvalue weighted by molar-refractivity contribution is -0.133. The minimum Gasteiger partial charge on any atom is -0.370 e. The molecule has 0 rings (SSSR count). The van der Waals surface area contributed by atoms with E-state index in [1.165, 1.54) is 4.90 Å². The molecule has 0 aromatic heterocycles. The molecule has 0 bridgehead atoms. The molecule has 0 atom stereocenters. The average molecular weight is 174 g/mol. The van der Waals surface area contributed by atoms with E-state index in [4.69, 9.17) is 4.74 Å². The van der Waals surface area contributed by atoms with Crippen LogP contribution in [0.2, 0.25) is 0 Å². The number of nitrogens with zero attached hydrogens (tertiary/aromatic N) is 2. The van der Waals surface area contributed by atoms with Gasteiger partial charge in [0.2, 0.25) is 5.91 Å². The van der Waals surface area contributed by atoms with Crippen molar-refractivity contribution in [2.75, 3.05) is 47.9 Å². The largest absolute Gasteiger partial charge is 0.370 e. The summed E-state index contributed by atoms with van der Waals surface area (Å²) in [5.74, 6) is 0.00811. The monoisotopic (exact) mass is 174 g/mol. The zero-order valence-electron chi connectivity index (χ0n) is 8.33. The third-order valence-corrected chi connectivity index (χ3v) is 1.41. The van der Waals surface area contributed by atoms with Crippen LogP contribution in [-0.2, 0) is 9.53 Å². The van der Waals surface area contributed by atoms with Gasteiger partial charge < -0.3 is 14.5 Å². The maximum Gasteiger partial charge on any atom is 0.248 e. The first-order chi connectivity index (χ1) is 5.54. The van der Waals surface area contributed by atoms with Crippen molar-refractivity contribution in [2.45, 2.75) is 0 Å². The van der Waals surface area contributed by atoms with Gasteiger partial charge >= 0.3 is 0 Å². The number of carbonyl (C=O) groups excluding carboxylic acids is 1. The summed E-state index contributed by atoms with van der Waals surface area (Å²) in [6.07, 6.45) is 0. The Balaban J connectivity index is 3.26. The first-order valence-corrected chi connectivity index (χ1v) is 3.96. The molecule has 0 aromatic rings. The lowest BCUT2D eigenvalue weighted by Gasteiger charge is -2.12. The molecule has 0 saturated carbocycles. The normalized spacial score (nSPS) is 10.4. The van der Waals surface area contributed by atoms with Crippen molar-refractivity contribution < 1.29 is 9.53 Å². The molecule has 0 saturated heterocycles. The van der Waals surface area contributed by atoms with Crippen molar-refractivity contribution in [3.8, 4) is 0 Å². The van der Waals surface area contributed by atoms with E-state index in [1.54, 1.807) is 14.1 Å². The van der Waals surface area contributed by atoms with Gasteiger partial charge in [0, 0.05) is 20.6 Å². The fourth-order valence-corrected chi connectivity index (χ4v) is 0.536. The van der Waals surface area contributed by atoms with Gasteiger partial charge in [0.05, 0.1) is 6.61 Å². The summed E-state index contributed by atoms with van der Waals surface area (Å²) in [7, 11) is 7.38. The van der Waals surface area contributed by atoms with Gasteiger partial charge in [-0.3, -0.25) is 4.79 Å². The number of hydrogen-bond acceptors (Lipinski definition) is 3. The van der Waals surface area contributed by atoms with Gasteiger partial charge in [-0.15, -0.1) is 0 Å². The summed E-state index contributed by atoms with van der Waals surface area (Å²) in [6, 6.07) is 0. The van der Waals surface area contributed by atoms with Crippen LogP contribution in [0.4, 0.5) is 0 Å². The molecule has 72 valence electrons. The van der Waals surface area contributed by atoms with Crippen molar-refractivity contribution in [3.63, 3.8) is 0 Å². The summed E-state index contributed by atoms with van der Waals surface area (Å²) in [5.41, 5.74) is 0. The van der Waals surface area contributed by atoms with Crippen LogP contribution in [0.5, 0.6) is 0 Å². The summed E-state index contributed by atoms with van der Waals surface area (Å²) >= 11 is 0. The van der Waals surface area contributed by atoms with Crippen molar-refractivity contribution in [1.82, 2.24) is 9.80 Å². The molecule has 0 aliphatic carbocycles.